The average molecular weight is 454 g/mol. The fourth-order valence-corrected chi connectivity index (χ4v) is 4.43. The smallest absolute Gasteiger partial charge is 0.202 e. The SMILES string of the molecule is O=C(c1ccc(F)cc1F)c1c(O)[nH]c2cc(Cl)c(-c3ccc(C4(CO)CC4)cc3)cc12. The molecule has 4 nitrogen and oxygen atoms in total. The highest BCUT2D eigenvalue weighted by Crippen LogP contribution is 2.48. The van der Waals surface area contributed by atoms with Crippen LogP contribution in [0, 0.1) is 11.6 Å². The van der Waals surface area contributed by atoms with Crippen molar-refractivity contribution in [2.75, 3.05) is 6.61 Å². The summed E-state index contributed by atoms with van der Waals surface area (Å²) >= 11 is 6.48. The third kappa shape index (κ3) is 3.27. The lowest BCUT2D eigenvalue weighted by Crippen LogP contribution is -2.11. The highest BCUT2D eigenvalue weighted by molar-refractivity contribution is 6.34. The number of benzene rings is 3. The van der Waals surface area contributed by atoms with Crippen LogP contribution in [0.4, 0.5) is 8.78 Å². The molecule has 0 unspecified atom stereocenters. The van der Waals surface area contributed by atoms with E-state index in [1.54, 1.807) is 12.1 Å². The maximum absolute atomic E-state index is 14.2. The Hall–Kier alpha value is -3.22. The molecule has 0 spiro atoms. The van der Waals surface area contributed by atoms with Gasteiger partial charge in [-0.25, -0.2) is 8.78 Å². The normalized spacial score (nSPS) is 14.6. The van der Waals surface area contributed by atoms with E-state index in [2.05, 4.69) is 4.98 Å². The Balaban J connectivity index is 1.60. The zero-order valence-electron chi connectivity index (χ0n) is 16.8. The first-order valence-corrected chi connectivity index (χ1v) is 10.5. The summed E-state index contributed by atoms with van der Waals surface area (Å²) in [7, 11) is 0. The number of aliphatic hydroxyl groups excluding tert-OH is 1. The molecule has 1 heterocycles. The molecule has 1 aliphatic rings. The maximum Gasteiger partial charge on any atom is 0.202 e. The maximum atomic E-state index is 14.2. The quantitative estimate of drug-likeness (QED) is 0.338. The topological polar surface area (TPSA) is 73.3 Å². The first-order valence-electron chi connectivity index (χ1n) is 10.1. The molecular formula is C25H18ClF2NO3. The summed E-state index contributed by atoms with van der Waals surface area (Å²) in [5.74, 6) is -3.00. The summed E-state index contributed by atoms with van der Waals surface area (Å²) in [6.07, 6.45) is 1.90. The Morgan fingerprint density at radius 1 is 1.06 bits per heavy atom. The Kier molecular flexibility index (Phi) is 4.80. The van der Waals surface area contributed by atoms with E-state index >= 15 is 0 Å². The predicted molar refractivity (Wildman–Crippen MR) is 118 cm³/mol. The standard InChI is InChI=1S/C25H18ClF2NO3/c26-19-11-21-18(10-17(19)13-1-3-14(4-2-13)25(12-30)7-8-25)22(24(32)29-21)23(31)16-6-5-15(27)9-20(16)28/h1-6,9-11,29-30,32H,7-8,12H2. The third-order valence-corrected chi connectivity index (χ3v) is 6.55. The fraction of sp³-hybridized carbons (Fsp3) is 0.160. The van der Waals surface area contributed by atoms with Gasteiger partial charge < -0.3 is 15.2 Å². The number of carbonyl (C=O) groups is 1. The molecule has 3 aromatic carbocycles. The number of carbonyl (C=O) groups excluding carboxylic acids is 1. The third-order valence-electron chi connectivity index (χ3n) is 6.23. The molecule has 0 amide bonds. The number of aromatic amines is 1. The number of fused-ring (bicyclic) bond motifs is 1. The van der Waals surface area contributed by atoms with Crippen LogP contribution < -0.4 is 0 Å². The molecule has 0 bridgehead atoms. The van der Waals surface area contributed by atoms with E-state index in [9.17, 15) is 23.8 Å². The summed E-state index contributed by atoms with van der Waals surface area (Å²) in [6.45, 7) is 0.104. The van der Waals surface area contributed by atoms with E-state index in [0.29, 0.717) is 27.6 Å². The monoisotopic (exact) mass is 453 g/mol. The van der Waals surface area contributed by atoms with Gasteiger partial charge in [-0.3, -0.25) is 4.79 Å². The number of hydrogen-bond acceptors (Lipinski definition) is 3. The lowest BCUT2D eigenvalue weighted by molar-refractivity contribution is 0.103. The molecule has 3 N–H and O–H groups in total. The molecule has 32 heavy (non-hydrogen) atoms. The van der Waals surface area contributed by atoms with Crippen molar-refractivity contribution in [3.8, 4) is 17.0 Å². The van der Waals surface area contributed by atoms with Crippen LogP contribution in [0.2, 0.25) is 5.02 Å². The number of hydrogen-bond donors (Lipinski definition) is 3. The van der Waals surface area contributed by atoms with Crippen molar-refractivity contribution in [1.82, 2.24) is 4.98 Å². The van der Waals surface area contributed by atoms with Crippen LogP contribution in [0.3, 0.4) is 0 Å². The molecule has 1 fully saturated rings. The molecular weight excluding hydrogens is 436 g/mol. The summed E-state index contributed by atoms with van der Waals surface area (Å²) < 4.78 is 27.5. The minimum Gasteiger partial charge on any atom is -0.494 e. The number of aromatic nitrogens is 1. The van der Waals surface area contributed by atoms with Crippen molar-refractivity contribution < 1.29 is 23.8 Å². The number of H-pyrrole nitrogens is 1. The number of aliphatic hydroxyl groups is 1. The number of nitrogens with one attached hydrogen (secondary N) is 1. The Labute approximate surface area is 187 Å². The van der Waals surface area contributed by atoms with Gasteiger partial charge in [0, 0.05) is 22.4 Å². The van der Waals surface area contributed by atoms with E-state index in [4.69, 9.17) is 11.6 Å². The van der Waals surface area contributed by atoms with Gasteiger partial charge in [0.05, 0.1) is 28.3 Å². The second-order valence-corrected chi connectivity index (χ2v) is 8.60. The van der Waals surface area contributed by atoms with Crippen molar-refractivity contribution in [3.63, 3.8) is 0 Å². The van der Waals surface area contributed by atoms with Crippen LogP contribution in [0.1, 0.15) is 34.3 Å². The van der Waals surface area contributed by atoms with Gasteiger partial charge in [0.2, 0.25) is 11.7 Å². The largest absolute Gasteiger partial charge is 0.494 e. The van der Waals surface area contributed by atoms with E-state index in [1.807, 2.05) is 24.3 Å². The number of rotatable bonds is 5. The molecule has 7 heteroatoms. The van der Waals surface area contributed by atoms with Crippen LogP contribution in [0.15, 0.2) is 54.6 Å². The van der Waals surface area contributed by atoms with Crippen LogP contribution in [0.5, 0.6) is 5.88 Å². The molecule has 0 radical (unpaired) electrons. The molecule has 0 saturated heterocycles. The second-order valence-electron chi connectivity index (χ2n) is 8.20. The van der Waals surface area contributed by atoms with E-state index in [1.165, 1.54) is 0 Å². The lowest BCUT2D eigenvalue weighted by Gasteiger charge is -2.13. The van der Waals surface area contributed by atoms with Crippen LogP contribution >= 0.6 is 11.6 Å². The number of ketones is 1. The highest BCUT2D eigenvalue weighted by Gasteiger charge is 2.43. The van der Waals surface area contributed by atoms with E-state index in [-0.39, 0.29) is 23.1 Å². The Bertz CT molecular complexity index is 1370. The summed E-state index contributed by atoms with van der Waals surface area (Å²) in [5.41, 5.74) is 2.28. The molecule has 5 rings (SSSR count). The minimum atomic E-state index is -1.01. The summed E-state index contributed by atoms with van der Waals surface area (Å²) in [4.78, 5) is 15.7. The fourth-order valence-electron chi connectivity index (χ4n) is 4.15. The van der Waals surface area contributed by atoms with Gasteiger partial charge in [0.1, 0.15) is 11.6 Å². The van der Waals surface area contributed by atoms with Gasteiger partial charge in [-0.05, 0) is 48.2 Å². The van der Waals surface area contributed by atoms with Gasteiger partial charge >= 0.3 is 0 Å². The lowest BCUT2D eigenvalue weighted by atomic mass is 9.93. The van der Waals surface area contributed by atoms with Crippen molar-refractivity contribution in [1.29, 1.82) is 0 Å². The van der Waals surface area contributed by atoms with Crippen molar-refractivity contribution in [2.45, 2.75) is 18.3 Å². The average Bonchev–Trinajstić information content (AvgIpc) is 3.50. The molecule has 1 aromatic heterocycles. The van der Waals surface area contributed by atoms with E-state index in [0.717, 1.165) is 36.1 Å². The van der Waals surface area contributed by atoms with Gasteiger partial charge in [-0.15, -0.1) is 0 Å². The molecule has 1 aliphatic carbocycles. The molecule has 0 aliphatic heterocycles. The van der Waals surface area contributed by atoms with Crippen molar-refractivity contribution in [2.24, 2.45) is 0 Å². The van der Waals surface area contributed by atoms with Crippen molar-refractivity contribution >= 4 is 28.3 Å². The number of aromatic hydroxyl groups is 1. The first-order chi connectivity index (χ1) is 15.3. The van der Waals surface area contributed by atoms with E-state index < -0.39 is 23.3 Å². The molecule has 0 atom stereocenters. The molecule has 1 saturated carbocycles. The van der Waals surface area contributed by atoms with Gasteiger partial charge in [-0.2, -0.15) is 0 Å². The Morgan fingerprint density at radius 3 is 2.41 bits per heavy atom. The predicted octanol–water partition coefficient (Wildman–Crippen LogP) is 5.73. The second kappa shape index (κ2) is 7.43. The first kappa shape index (κ1) is 20.7. The number of halogens is 3. The van der Waals surface area contributed by atoms with Crippen LogP contribution in [0.25, 0.3) is 22.0 Å². The summed E-state index contributed by atoms with van der Waals surface area (Å²) in [6, 6.07) is 13.6. The van der Waals surface area contributed by atoms with Crippen LogP contribution in [-0.4, -0.2) is 27.6 Å². The zero-order valence-corrected chi connectivity index (χ0v) is 17.5. The van der Waals surface area contributed by atoms with Gasteiger partial charge in [-0.1, -0.05) is 35.9 Å². The summed E-state index contributed by atoms with van der Waals surface area (Å²) in [5, 5.41) is 20.8. The van der Waals surface area contributed by atoms with Crippen molar-refractivity contribution in [3.05, 3.63) is 87.9 Å². The molecule has 4 aromatic rings. The van der Waals surface area contributed by atoms with Gasteiger partial charge in [0.15, 0.2) is 0 Å². The zero-order chi connectivity index (χ0) is 22.6. The van der Waals surface area contributed by atoms with Crippen LogP contribution in [-0.2, 0) is 5.41 Å². The Morgan fingerprint density at radius 2 is 1.78 bits per heavy atom. The minimum absolute atomic E-state index is 0.104. The van der Waals surface area contributed by atoms with Gasteiger partial charge in [0.25, 0.3) is 0 Å². The molecule has 162 valence electrons. The highest BCUT2D eigenvalue weighted by atomic mass is 35.5.